The summed E-state index contributed by atoms with van der Waals surface area (Å²) >= 11 is 1.82. The maximum Gasteiger partial charge on any atom is 0.226 e. The molecule has 1 amide bonds. The first-order valence-electron chi connectivity index (χ1n) is 6.39. The normalized spacial score (nSPS) is 14.8. The van der Waals surface area contributed by atoms with Gasteiger partial charge >= 0.3 is 0 Å². The van der Waals surface area contributed by atoms with E-state index in [-0.39, 0.29) is 11.8 Å². The highest BCUT2D eigenvalue weighted by Gasteiger charge is 2.24. The molecule has 0 aliphatic heterocycles. The van der Waals surface area contributed by atoms with E-state index < -0.39 is 0 Å². The first kappa shape index (κ1) is 16.8. The lowest BCUT2D eigenvalue weighted by Gasteiger charge is -2.29. The third-order valence-corrected chi connectivity index (χ3v) is 3.78. The summed E-state index contributed by atoms with van der Waals surface area (Å²) in [6.45, 7) is 6.83. The molecular weight excluding hydrogens is 232 g/mol. The molecule has 17 heavy (non-hydrogen) atoms. The Balaban J connectivity index is 4.33. The SMILES string of the molecule is CSCCC(C)N(C)C(=O)C(CN)CC(C)C. The van der Waals surface area contributed by atoms with Gasteiger partial charge in [-0.2, -0.15) is 11.8 Å². The number of carbonyl (C=O) groups excluding carboxylic acids is 1. The lowest BCUT2D eigenvalue weighted by molar-refractivity contribution is -0.136. The highest BCUT2D eigenvalue weighted by Crippen LogP contribution is 2.16. The average Bonchev–Trinajstić information content (AvgIpc) is 2.30. The molecule has 3 nitrogen and oxygen atoms in total. The molecule has 2 unspecified atom stereocenters. The summed E-state index contributed by atoms with van der Waals surface area (Å²) in [6.07, 6.45) is 4.02. The van der Waals surface area contributed by atoms with Crippen LogP contribution in [-0.4, -0.2) is 42.4 Å². The largest absolute Gasteiger partial charge is 0.343 e. The summed E-state index contributed by atoms with van der Waals surface area (Å²) in [5.74, 6) is 1.80. The number of rotatable bonds is 8. The Labute approximate surface area is 111 Å². The van der Waals surface area contributed by atoms with E-state index in [0.717, 1.165) is 18.6 Å². The minimum absolute atomic E-state index is 0.0169. The first-order valence-corrected chi connectivity index (χ1v) is 7.79. The van der Waals surface area contributed by atoms with Crippen LogP contribution in [0.2, 0.25) is 0 Å². The summed E-state index contributed by atoms with van der Waals surface area (Å²) in [5.41, 5.74) is 5.71. The van der Waals surface area contributed by atoms with Crippen molar-refractivity contribution in [1.82, 2.24) is 4.90 Å². The van der Waals surface area contributed by atoms with Gasteiger partial charge in [0.1, 0.15) is 0 Å². The van der Waals surface area contributed by atoms with E-state index in [1.54, 1.807) is 0 Å². The lowest BCUT2D eigenvalue weighted by atomic mass is 9.95. The molecule has 0 fully saturated rings. The third-order valence-electron chi connectivity index (χ3n) is 3.14. The van der Waals surface area contributed by atoms with Crippen molar-refractivity contribution in [3.8, 4) is 0 Å². The first-order chi connectivity index (χ1) is 7.93. The topological polar surface area (TPSA) is 46.3 Å². The van der Waals surface area contributed by atoms with Gasteiger partial charge in [0.05, 0.1) is 5.92 Å². The van der Waals surface area contributed by atoms with Crippen molar-refractivity contribution in [2.75, 3.05) is 25.6 Å². The number of amides is 1. The van der Waals surface area contributed by atoms with Crippen molar-refractivity contribution in [2.24, 2.45) is 17.6 Å². The fraction of sp³-hybridized carbons (Fsp3) is 0.923. The molecule has 0 aliphatic carbocycles. The zero-order chi connectivity index (χ0) is 13.4. The molecule has 0 heterocycles. The van der Waals surface area contributed by atoms with Crippen LogP contribution in [0.5, 0.6) is 0 Å². The summed E-state index contributed by atoms with van der Waals surface area (Å²) in [4.78, 5) is 14.1. The van der Waals surface area contributed by atoms with E-state index in [4.69, 9.17) is 5.73 Å². The molecule has 2 N–H and O–H groups in total. The molecule has 0 aromatic carbocycles. The molecule has 102 valence electrons. The highest BCUT2D eigenvalue weighted by atomic mass is 32.2. The van der Waals surface area contributed by atoms with Crippen molar-refractivity contribution in [3.63, 3.8) is 0 Å². The zero-order valence-corrected chi connectivity index (χ0v) is 12.7. The molecule has 0 aliphatic rings. The van der Waals surface area contributed by atoms with Gasteiger partial charge in [-0.3, -0.25) is 4.79 Å². The van der Waals surface area contributed by atoms with Crippen LogP contribution < -0.4 is 5.73 Å². The van der Waals surface area contributed by atoms with Gasteiger partial charge in [-0.25, -0.2) is 0 Å². The van der Waals surface area contributed by atoms with E-state index in [1.165, 1.54) is 0 Å². The van der Waals surface area contributed by atoms with Crippen molar-refractivity contribution >= 4 is 17.7 Å². The van der Waals surface area contributed by atoms with Gasteiger partial charge in [0.15, 0.2) is 0 Å². The second-order valence-corrected chi connectivity index (χ2v) is 6.13. The van der Waals surface area contributed by atoms with Crippen LogP contribution in [-0.2, 0) is 4.79 Å². The quantitative estimate of drug-likeness (QED) is 0.728. The van der Waals surface area contributed by atoms with E-state index in [1.807, 2.05) is 23.7 Å². The standard InChI is InChI=1S/C13H28N2OS/c1-10(2)8-12(9-14)13(16)15(4)11(3)6-7-17-5/h10-12H,6-9,14H2,1-5H3. The lowest BCUT2D eigenvalue weighted by Crippen LogP contribution is -2.42. The Bertz CT molecular complexity index is 221. The van der Waals surface area contributed by atoms with Gasteiger partial charge in [0.2, 0.25) is 5.91 Å². The van der Waals surface area contributed by atoms with E-state index in [9.17, 15) is 4.79 Å². The third kappa shape index (κ3) is 6.32. The zero-order valence-electron chi connectivity index (χ0n) is 11.9. The van der Waals surface area contributed by atoms with Gasteiger partial charge in [-0.05, 0) is 37.7 Å². The molecule has 0 saturated carbocycles. The average molecular weight is 260 g/mol. The minimum atomic E-state index is -0.0169. The second-order valence-electron chi connectivity index (χ2n) is 5.14. The van der Waals surface area contributed by atoms with Gasteiger partial charge < -0.3 is 10.6 Å². The minimum Gasteiger partial charge on any atom is -0.343 e. The predicted octanol–water partition coefficient (Wildman–Crippen LogP) is 2.21. The smallest absolute Gasteiger partial charge is 0.226 e. The fourth-order valence-electron chi connectivity index (χ4n) is 1.85. The fourth-order valence-corrected chi connectivity index (χ4v) is 2.43. The second kappa shape index (κ2) is 8.81. The van der Waals surface area contributed by atoms with Crippen LogP contribution in [0.3, 0.4) is 0 Å². The van der Waals surface area contributed by atoms with Crippen LogP contribution in [0, 0.1) is 11.8 Å². The number of nitrogens with two attached hydrogens (primary N) is 1. The van der Waals surface area contributed by atoms with Gasteiger partial charge in [0.25, 0.3) is 0 Å². The molecule has 0 bridgehead atoms. The van der Waals surface area contributed by atoms with Crippen molar-refractivity contribution < 1.29 is 4.79 Å². The monoisotopic (exact) mass is 260 g/mol. The van der Waals surface area contributed by atoms with Gasteiger partial charge in [0, 0.05) is 19.6 Å². The number of hydrogen-bond acceptors (Lipinski definition) is 3. The molecule has 0 radical (unpaired) electrons. The predicted molar refractivity (Wildman–Crippen MR) is 77.2 cm³/mol. The maximum absolute atomic E-state index is 12.3. The Kier molecular flexibility index (Phi) is 8.70. The number of thioether (sulfide) groups is 1. The van der Waals surface area contributed by atoms with E-state index in [0.29, 0.717) is 18.5 Å². The summed E-state index contributed by atoms with van der Waals surface area (Å²) in [5, 5.41) is 0. The molecule has 2 atom stereocenters. The highest BCUT2D eigenvalue weighted by molar-refractivity contribution is 7.98. The molecular formula is C13H28N2OS. The molecule has 4 heteroatoms. The molecule has 0 aromatic heterocycles. The van der Waals surface area contributed by atoms with Crippen molar-refractivity contribution in [3.05, 3.63) is 0 Å². The van der Waals surface area contributed by atoms with Crippen LogP contribution in [0.15, 0.2) is 0 Å². The molecule has 0 saturated heterocycles. The Hall–Kier alpha value is -0.220. The van der Waals surface area contributed by atoms with E-state index in [2.05, 4.69) is 27.0 Å². The molecule has 0 aromatic rings. The van der Waals surface area contributed by atoms with Crippen LogP contribution in [0.1, 0.15) is 33.6 Å². The number of hydrogen-bond donors (Lipinski definition) is 1. The maximum atomic E-state index is 12.3. The van der Waals surface area contributed by atoms with Crippen LogP contribution in [0.4, 0.5) is 0 Å². The number of nitrogens with zero attached hydrogens (tertiary/aromatic N) is 1. The van der Waals surface area contributed by atoms with E-state index >= 15 is 0 Å². The summed E-state index contributed by atoms with van der Waals surface area (Å²) in [7, 11) is 1.90. The summed E-state index contributed by atoms with van der Waals surface area (Å²) in [6, 6.07) is 0.302. The van der Waals surface area contributed by atoms with Gasteiger partial charge in [-0.1, -0.05) is 13.8 Å². The van der Waals surface area contributed by atoms with Crippen LogP contribution in [0.25, 0.3) is 0 Å². The van der Waals surface area contributed by atoms with Crippen molar-refractivity contribution in [1.29, 1.82) is 0 Å². The number of carbonyl (C=O) groups is 1. The van der Waals surface area contributed by atoms with Crippen molar-refractivity contribution in [2.45, 2.75) is 39.7 Å². The van der Waals surface area contributed by atoms with Crippen LogP contribution >= 0.6 is 11.8 Å². The summed E-state index contributed by atoms with van der Waals surface area (Å²) < 4.78 is 0. The molecule has 0 rings (SSSR count). The Morgan fingerprint density at radius 2 is 1.94 bits per heavy atom. The Morgan fingerprint density at radius 3 is 2.35 bits per heavy atom. The Morgan fingerprint density at radius 1 is 1.35 bits per heavy atom. The van der Waals surface area contributed by atoms with Gasteiger partial charge in [-0.15, -0.1) is 0 Å². The molecule has 0 spiro atoms.